The average molecular weight is 398 g/mol. The van der Waals surface area contributed by atoms with Crippen LogP contribution in [0.5, 0.6) is 0 Å². The Morgan fingerprint density at radius 1 is 1.17 bits per heavy atom. The number of hydrogen-bond donors (Lipinski definition) is 1. The molecule has 3 aliphatic rings. The maximum atomic E-state index is 13.6. The van der Waals surface area contributed by atoms with Gasteiger partial charge in [0.05, 0.1) is 13.2 Å². The molecule has 4 rings (SSSR count). The summed E-state index contributed by atoms with van der Waals surface area (Å²) in [5.74, 6) is -0.852. The number of benzene rings is 1. The zero-order valence-electron chi connectivity index (χ0n) is 17.2. The molecule has 0 radical (unpaired) electrons. The van der Waals surface area contributed by atoms with E-state index in [9.17, 15) is 14.0 Å². The Morgan fingerprint density at radius 2 is 1.83 bits per heavy atom. The van der Waals surface area contributed by atoms with Crippen molar-refractivity contribution in [3.8, 4) is 0 Å². The van der Waals surface area contributed by atoms with Crippen LogP contribution < -0.4 is 5.32 Å². The van der Waals surface area contributed by atoms with E-state index in [0.29, 0.717) is 43.9 Å². The molecule has 1 atom stereocenters. The molecular formula is C23H27FN2O3. The summed E-state index contributed by atoms with van der Waals surface area (Å²) in [5, 5.41) is 3.37. The van der Waals surface area contributed by atoms with Crippen LogP contribution in [-0.2, 0) is 14.3 Å². The minimum atomic E-state index is -0.481. The number of hydrogen-bond acceptors (Lipinski definition) is 4. The molecule has 0 bridgehead atoms. The molecule has 1 saturated heterocycles. The first-order chi connectivity index (χ1) is 13.8. The highest BCUT2D eigenvalue weighted by molar-refractivity contribution is 6.05. The molecule has 29 heavy (non-hydrogen) atoms. The molecule has 1 aliphatic carbocycles. The molecule has 0 unspecified atom stereocenters. The van der Waals surface area contributed by atoms with Crippen molar-refractivity contribution in [2.45, 2.75) is 39.5 Å². The van der Waals surface area contributed by atoms with Gasteiger partial charge in [-0.2, -0.15) is 0 Å². The fourth-order valence-electron chi connectivity index (χ4n) is 4.64. The van der Waals surface area contributed by atoms with Gasteiger partial charge in [-0.15, -0.1) is 0 Å². The summed E-state index contributed by atoms with van der Waals surface area (Å²) in [6.45, 7) is 8.12. The predicted octanol–water partition coefficient (Wildman–Crippen LogP) is 3.29. The number of nitrogens with zero attached hydrogens (tertiary/aromatic N) is 1. The minimum absolute atomic E-state index is 0.0536. The van der Waals surface area contributed by atoms with Crippen LogP contribution in [0.15, 0.2) is 46.8 Å². The number of morpholine rings is 1. The molecular weight excluding hydrogens is 371 g/mol. The Labute approximate surface area is 170 Å². The third kappa shape index (κ3) is 3.73. The van der Waals surface area contributed by atoms with Crippen molar-refractivity contribution in [2.24, 2.45) is 5.41 Å². The van der Waals surface area contributed by atoms with Crippen molar-refractivity contribution >= 4 is 11.7 Å². The first-order valence-corrected chi connectivity index (χ1v) is 10.1. The van der Waals surface area contributed by atoms with Crippen molar-refractivity contribution in [3.05, 3.63) is 58.2 Å². The molecule has 2 heterocycles. The number of ether oxygens (including phenoxy) is 1. The van der Waals surface area contributed by atoms with Crippen molar-refractivity contribution in [1.29, 1.82) is 0 Å². The van der Waals surface area contributed by atoms with Crippen LogP contribution in [0.2, 0.25) is 0 Å². The third-order valence-corrected chi connectivity index (χ3v) is 5.97. The number of carbonyl (C=O) groups excluding carboxylic acids is 2. The summed E-state index contributed by atoms with van der Waals surface area (Å²) in [5.41, 5.74) is 3.51. The number of carbonyl (C=O) groups is 2. The van der Waals surface area contributed by atoms with E-state index in [2.05, 4.69) is 19.2 Å². The zero-order valence-corrected chi connectivity index (χ0v) is 17.2. The Hall–Kier alpha value is -2.47. The molecule has 1 aromatic rings. The molecule has 0 aromatic heterocycles. The van der Waals surface area contributed by atoms with Gasteiger partial charge in [0.2, 0.25) is 0 Å². The fourth-order valence-corrected chi connectivity index (χ4v) is 4.64. The summed E-state index contributed by atoms with van der Waals surface area (Å²) in [7, 11) is 0. The standard InChI is InChI=1S/C23H27FN2O3/c1-14-19(22(28)26-8-10-29-11-9-26)20(15-4-6-16(24)7-5-15)21-17(25-14)12-23(2,3)13-18(21)27/h4-7,20,25H,8-13H2,1-3H3/t20-/m0/s1. The van der Waals surface area contributed by atoms with Gasteiger partial charge in [-0.3, -0.25) is 9.59 Å². The molecule has 0 saturated carbocycles. The Morgan fingerprint density at radius 3 is 2.48 bits per heavy atom. The van der Waals surface area contributed by atoms with Crippen LogP contribution in [0.25, 0.3) is 0 Å². The highest BCUT2D eigenvalue weighted by Crippen LogP contribution is 2.46. The lowest BCUT2D eigenvalue weighted by atomic mass is 9.68. The van der Waals surface area contributed by atoms with Gasteiger partial charge in [0.25, 0.3) is 5.91 Å². The molecule has 2 aliphatic heterocycles. The topological polar surface area (TPSA) is 58.6 Å². The predicted molar refractivity (Wildman–Crippen MR) is 107 cm³/mol. The van der Waals surface area contributed by atoms with Gasteiger partial charge in [0.1, 0.15) is 5.82 Å². The molecule has 1 N–H and O–H groups in total. The van der Waals surface area contributed by atoms with Crippen LogP contribution in [0.4, 0.5) is 4.39 Å². The summed E-state index contributed by atoms with van der Waals surface area (Å²) < 4.78 is 19.0. The number of nitrogens with one attached hydrogen (secondary N) is 1. The van der Waals surface area contributed by atoms with E-state index < -0.39 is 5.92 Å². The van der Waals surface area contributed by atoms with E-state index in [1.807, 2.05) is 6.92 Å². The van der Waals surface area contributed by atoms with Crippen LogP contribution in [0.1, 0.15) is 45.1 Å². The van der Waals surface area contributed by atoms with Gasteiger partial charge < -0.3 is 15.0 Å². The first-order valence-electron chi connectivity index (χ1n) is 10.1. The smallest absolute Gasteiger partial charge is 0.252 e. The molecule has 5 nitrogen and oxygen atoms in total. The van der Waals surface area contributed by atoms with Crippen LogP contribution in [0.3, 0.4) is 0 Å². The Bertz CT molecular complexity index is 909. The van der Waals surface area contributed by atoms with E-state index in [0.717, 1.165) is 23.4 Å². The van der Waals surface area contributed by atoms with Gasteiger partial charge in [-0.1, -0.05) is 26.0 Å². The second-order valence-corrected chi connectivity index (χ2v) is 8.89. The van der Waals surface area contributed by atoms with Crippen molar-refractivity contribution in [3.63, 3.8) is 0 Å². The molecule has 154 valence electrons. The van der Waals surface area contributed by atoms with Crippen LogP contribution >= 0.6 is 0 Å². The Balaban J connectivity index is 1.82. The van der Waals surface area contributed by atoms with Crippen LogP contribution in [0, 0.1) is 11.2 Å². The number of allylic oxidation sites excluding steroid dienone is 3. The number of amides is 1. The normalized spacial score (nSPS) is 24.3. The number of rotatable bonds is 2. The maximum Gasteiger partial charge on any atom is 0.252 e. The second kappa shape index (κ2) is 7.41. The summed E-state index contributed by atoms with van der Waals surface area (Å²) >= 11 is 0. The number of dihydropyridines is 1. The quantitative estimate of drug-likeness (QED) is 0.831. The molecule has 1 aromatic carbocycles. The first kappa shape index (κ1) is 19.8. The summed E-state index contributed by atoms with van der Waals surface area (Å²) in [6, 6.07) is 6.15. The molecule has 6 heteroatoms. The molecule has 1 fully saturated rings. The zero-order chi connectivity index (χ0) is 20.8. The summed E-state index contributed by atoms with van der Waals surface area (Å²) in [4.78, 5) is 28.5. The lowest BCUT2D eigenvalue weighted by molar-refractivity contribution is -0.131. The summed E-state index contributed by atoms with van der Waals surface area (Å²) in [6.07, 6.45) is 1.17. The number of ketones is 1. The van der Waals surface area contributed by atoms with Gasteiger partial charge >= 0.3 is 0 Å². The number of halogens is 1. The average Bonchev–Trinajstić information content (AvgIpc) is 2.67. The van der Waals surface area contributed by atoms with Gasteiger partial charge in [-0.05, 0) is 36.5 Å². The van der Waals surface area contributed by atoms with Crippen molar-refractivity contribution in [1.82, 2.24) is 10.2 Å². The maximum absolute atomic E-state index is 13.6. The SMILES string of the molecule is CC1=C(C(=O)N2CCOCC2)[C@H](c2ccc(F)cc2)C2=C(CC(C)(C)CC2=O)N1. The van der Waals surface area contributed by atoms with Crippen molar-refractivity contribution in [2.75, 3.05) is 26.3 Å². The Kier molecular flexibility index (Phi) is 5.07. The van der Waals surface area contributed by atoms with Crippen LogP contribution in [-0.4, -0.2) is 42.9 Å². The molecule has 0 spiro atoms. The molecule has 1 amide bonds. The second-order valence-electron chi connectivity index (χ2n) is 8.89. The van der Waals surface area contributed by atoms with Crippen molar-refractivity contribution < 1.29 is 18.7 Å². The minimum Gasteiger partial charge on any atom is -0.378 e. The highest BCUT2D eigenvalue weighted by atomic mass is 19.1. The monoisotopic (exact) mass is 398 g/mol. The largest absolute Gasteiger partial charge is 0.378 e. The fraction of sp³-hybridized carbons (Fsp3) is 0.478. The van der Waals surface area contributed by atoms with Gasteiger partial charge in [-0.25, -0.2) is 4.39 Å². The van der Waals surface area contributed by atoms with E-state index >= 15 is 0 Å². The van der Waals surface area contributed by atoms with E-state index in [-0.39, 0.29) is 22.9 Å². The van der Waals surface area contributed by atoms with E-state index in [1.54, 1.807) is 17.0 Å². The van der Waals surface area contributed by atoms with E-state index in [1.165, 1.54) is 12.1 Å². The van der Waals surface area contributed by atoms with E-state index in [4.69, 9.17) is 4.74 Å². The highest BCUT2D eigenvalue weighted by Gasteiger charge is 2.43. The van der Waals surface area contributed by atoms with Gasteiger partial charge in [0.15, 0.2) is 5.78 Å². The third-order valence-electron chi connectivity index (χ3n) is 5.97. The number of Topliss-reactive ketones (excluding diaryl/α,β-unsaturated/α-hetero) is 1. The lowest BCUT2D eigenvalue weighted by Crippen LogP contribution is -2.45. The lowest BCUT2D eigenvalue weighted by Gasteiger charge is -2.41. The van der Waals surface area contributed by atoms with Gasteiger partial charge in [0, 0.05) is 48.0 Å².